The van der Waals surface area contributed by atoms with E-state index in [1.54, 1.807) is 13.3 Å². The van der Waals surface area contributed by atoms with Gasteiger partial charge in [-0.1, -0.05) is 18.2 Å². The molecular weight excluding hydrogens is 250 g/mol. The molecule has 3 rings (SSSR count). The van der Waals surface area contributed by atoms with Crippen molar-refractivity contribution in [3.63, 3.8) is 0 Å². The molecule has 102 valence electrons. The molecule has 3 aromatic rings. The van der Waals surface area contributed by atoms with E-state index < -0.39 is 0 Å². The predicted molar refractivity (Wildman–Crippen MR) is 78.8 cm³/mol. The van der Waals surface area contributed by atoms with Gasteiger partial charge in [0, 0.05) is 29.9 Å². The van der Waals surface area contributed by atoms with Crippen molar-refractivity contribution in [1.29, 1.82) is 0 Å². The molecule has 0 saturated heterocycles. The van der Waals surface area contributed by atoms with Crippen molar-refractivity contribution < 1.29 is 4.74 Å². The van der Waals surface area contributed by atoms with E-state index in [-0.39, 0.29) is 0 Å². The van der Waals surface area contributed by atoms with E-state index in [0.29, 0.717) is 0 Å². The first-order chi connectivity index (χ1) is 9.86. The molecule has 2 heterocycles. The normalized spacial score (nSPS) is 10.8. The molecule has 0 aliphatic heterocycles. The molecule has 0 fully saturated rings. The smallest absolute Gasteiger partial charge is 0.216 e. The fourth-order valence-electron chi connectivity index (χ4n) is 2.37. The third-order valence-electron chi connectivity index (χ3n) is 3.38. The Morgan fingerprint density at radius 3 is 2.95 bits per heavy atom. The number of aryl methyl sites for hydroxylation is 2. The van der Waals surface area contributed by atoms with Crippen LogP contribution in [-0.4, -0.2) is 21.6 Å². The largest absolute Gasteiger partial charge is 0.481 e. The average Bonchev–Trinajstić information content (AvgIpc) is 3.00. The zero-order chi connectivity index (χ0) is 13.8. The van der Waals surface area contributed by atoms with Gasteiger partial charge in [0.2, 0.25) is 5.88 Å². The Morgan fingerprint density at radius 2 is 2.15 bits per heavy atom. The monoisotopic (exact) mass is 267 g/mol. The van der Waals surface area contributed by atoms with Gasteiger partial charge in [-0.05, 0) is 25.0 Å². The fourth-order valence-corrected chi connectivity index (χ4v) is 2.37. The van der Waals surface area contributed by atoms with Crippen LogP contribution in [-0.2, 0) is 13.0 Å². The summed E-state index contributed by atoms with van der Waals surface area (Å²) < 4.78 is 7.50. The Bertz CT molecular complexity index is 692. The van der Waals surface area contributed by atoms with Crippen LogP contribution in [0.15, 0.2) is 49.1 Å². The standard InChI is InChI=1S/C16H17N3O/c1-20-16-14(6-4-9-19-10-8-17-12-19)11-13-5-2-3-7-15(13)18-16/h2-3,5,7-8,10-12H,4,6,9H2,1H3. The first-order valence-electron chi connectivity index (χ1n) is 6.75. The summed E-state index contributed by atoms with van der Waals surface area (Å²) in [5.74, 6) is 0.731. The summed E-state index contributed by atoms with van der Waals surface area (Å²) in [6, 6.07) is 10.3. The maximum atomic E-state index is 5.41. The zero-order valence-electron chi connectivity index (χ0n) is 11.5. The van der Waals surface area contributed by atoms with Gasteiger partial charge in [-0.3, -0.25) is 0 Å². The van der Waals surface area contributed by atoms with Crippen LogP contribution < -0.4 is 4.74 Å². The SMILES string of the molecule is COc1nc2ccccc2cc1CCCn1ccnc1. The summed E-state index contributed by atoms with van der Waals surface area (Å²) >= 11 is 0. The predicted octanol–water partition coefficient (Wildman–Crippen LogP) is 3.07. The van der Waals surface area contributed by atoms with Gasteiger partial charge in [0.05, 0.1) is 19.0 Å². The number of imidazole rings is 1. The molecule has 2 aromatic heterocycles. The number of pyridine rings is 1. The lowest BCUT2D eigenvalue weighted by Crippen LogP contribution is -2.00. The molecule has 0 saturated carbocycles. The number of benzene rings is 1. The average molecular weight is 267 g/mol. The van der Waals surface area contributed by atoms with Crippen LogP contribution in [0, 0.1) is 0 Å². The number of fused-ring (bicyclic) bond motifs is 1. The molecule has 0 spiro atoms. The molecule has 20 heavy (non-hydrogen) atoms. The van der Waals surface area contributed by atoms with E-state index in [0.717, 1.165) is 41.7 Å². The minimum Gasteiger partial charge on any atom is -0.481 e. The molecule has 0 atom stereocenters. The number of hydrogen-bond donors (Lipinski definition) is 0. The first kappa shape index (κ1) is 12.7. The Labute approximate surface area is 118 Å². The summed E-state index contributed by atoms with van der Waals surface area (Å²) in [5, 5.41) is 1.16. The minimum absolute atomic E-state index is 0.731. The summed E-state index contributed by atoms with van der Waals surface area (Å²) in [6.45, 7) is 0.954. The number of rotatable bonds is 5. The third-order valence-corrected chi connectivity index (χ3v) is 3.38. The molecule has 0 amide bonds. The van der Waals surface area contributed by atoms with Crippen LogP contribution in [0.4, 0.5) is 0 Å². The van der Waals surface area contributed by atoms with Gasteiger partial charge in [0.25, 0.3) is 0 Å². The van der Waals surface area contributed by atoms with Crippen molar-refractivity contribution in [1.82, 2.24) is 14.5 Å². The second-order valence-electron chi connectivity index (χ2n) is 4.75. The summed E-state index contributed by atoms with van der Waals surface area (Å²) in [5.41, 5.74) is 2.13. The molecule has 0 bridgehead atoms. The maximum absolute atomic E-state index is 5.41. The molecular formula is C16H17N3O. The van der Waals surface area contributed by atoms with Gasteiger partial charge in [-0.25, -0.2) is 9.97 Å². The highest BCUT2D eigenvalue weighted by Gasteiger charge is 2.07. The molecule has 4 nitrogen and oxygen atoms in total. The second-order valence-corrected chi connectivity index (χ2v) is 4.75. The van der Waals surface area contributed by atoms with Crippen molar-refractivity contribution >= 4 is 10.9 Å². The van der Waals surface area contributed by atoms with Gasteiger partial charge in [-0.15, -0.1) is 0 Å². The summed E-state index contributed by atoms with van der Waals surface area (Å²) in [6.07, 6.45) is 7.61. The van der Waals surface area contributed by atoms with Crippen LogP contribution in [0.2, 0.25) is 0 Å². The molecule has 0 aliphatic carbocycles. The molecule has 1 aromatic carbocycles. The van der Waals surface area contributed by atoms with Crippen molar-refractivity contribution in [3.8, 4) is 5.88 Å². The zero-order valence-corrected chi connectivity index (χ0v) is 11.5. The lowest BCUT2D eigenvalue weighted by Gasteiger charge is -2.09. The Kier molecular flexibility index (Phi) is 3.63. The highest BCUT2D eigenvalue weighted by Crippen LogP contribution is 2.23. The van der Waals surface area contributed by atoms with Crippen LogP contribution >= 0.6 is 0 Å². The van der Waals surface area contributed by atoms with Crippen molar-refractivity contribution in [2.75, 3.05) is 7.11 Å². The van der Waals surface area contributed by atoms with E-state index in [2.05, 4.69) is 26.7 Å². The molecule has 4 heteroatoms. The van der Waals surface area contributed by atoms with E-state index in [1.807, 2.05) is 30.7 Å². The molecule has 0 aliphatic rings. The van der Waals surface area contributed by atoms with Crippen molar-refractivity contribution in [2.45, 2.75) is 19.4 Å². The van der Waals surface area contributed by atoms with Gasteiger partial charge in [0.1, 0.15) is 0 Å². The highest BCUT2D eigenvalue weighted by molar-refractivity contribution is 5.80. The Balaban J connectivity index is 1.78. The fraction of sp³-hybridized carbons (Fsp3) is 0.250. The van der Waals surface area contributed by atoms with Crippen LogP contribution in [0.5, 0.6) is 5.88 Å². The van der Waals surface area contributed by atoms with Gasteiger partial charge in [-0.2, -0.15) is 0 Å². The lowest BCUT2D eigenvalue weighted by atomic mass is 10.1. The van der Waals surface area contributed by atoms with E-state index >= 15 is 0 Å². The van der Waals surface area contributed by atoms with Crippen LogP contribution in [0.3, 0.4) is 0 Å². The minimum atomic E-state index is 0.731. The number of para-hydroxylation sites is 1. The van der Waals surface area contributed by atoms with Gasteiger partial charge >= 0.3 is 0 Å². The van der Waals surface area contributed by atoms with Crippen molar-refractivity contribution in [3.05, 3.63) is 54.6 Å². The highest BCUT2D eigenvalue weighted by atomic mass is 16.5. The van der Waals surface area contributed by atoms with Crippen molar-refractivity contribution in [2.24, 2.45) is 0 Å². The summed E-state index contributed by atoms with van der Waals surface area (Å²) in [7, 11) is 1.68. The van der Waals surface area contributed by atoms with Crippen LogP contribution in [0.1, 0.15) is 12.0 Å². The van der Waals surface area contributed by atoms with Gasteiger partial charge < -0.3 is 9.30 Å². The lowest BCUT2D eigenvalue weighted by molar-refractivity contribution is 0.393. The number of hydrogen-bond acceptors (Lipinski definition) is 3. The quantitative estimate of drug-likeness (QED) is 0.713. The summed E-state index contributed by atoms with van der Waals surface area (Å²) in [4.78, 5) is 8.62. The Morgan fingerprint density at radius 1 is 1.25 bits per heavy atom. The molecule has 0 unspecified atom stereocenters. The third kappa shape index (κ3) is 2.64. The number of ether oxygens (including phenoxy) is 1. The first-order valence-corrected chi connectivity index (χ1v) is 6.75. The Hall–Kier alpha value is -2.36. The van der Waals surface area contributed by atoms with E-state index in [4.69, 9.17) is 4.74 Å². The van der Waals surface area contributed by atoms with E-state index in [9.17, 15) is 0 Å². The second kappa shape index (κ2) is 5.74. The topological polar surface area (TPSA) is 39.9 Å². The maximum Gasteiger partial charge on any atom is 0.216 e. The number of methoxy groups -OCH3 is 1. The van der Waals surface area contributed by atoms with Crippen LogP contribution in [0.25, 0.3) is 10.9 Å². The number of nitrogens with zero attached hydrogens (tertiary/aromatic N) is 3. The number of aromatic nitrogens is 3. The molecule has 0 N–H and O–H groups in total. The van der Waals surface area contributed by atoms with E-state index in [1.165, 1.54) is 0 Å². The molecule has 0 radical (unpaired) electrons. The van der Waals surface area contributed by atoms with Gasteiger partial charge in [0.15, 0.2) is 0 Å².